The van der Waals surface area contributed by atoms with Crippen molar-refractivity contribution >= 4 is 50.3 Å². The van der Waals surface area contributed by atoms with Crippen LogP contribution < -0.4 is 5.46 Å². The van der Waals surface area contributed by atoms with E-state index in [1.165, 1.54) is 49.6 Å². The third-order valence-corrected chi connectivity index (χ3v) is 5.20. The van der Waals surface area contributed by atoms with Crippen molar-refractivity contribution in [1.82, 2.24) is 0 Å². The molecule has 1 heterocycles. The van der Waals surface area contributed by atoms with Crippen molar-refractivity contribution in [3.63, 3.8) is 0 Å². The highest BCUT2D eigenvalue weighted by atomic mass is 32.1. The molecule has 0 aliphatic heterocycles. The lowest BCUT2D eigenvalue weighted by atomic mass is 9.71. The summed E-state index contributed by atoms with van der Waals surface area (Å²) in [5.74, 6) is 0. The van der Waals surface area contributed by atoms with Gasteiger partial charge in [0.2, 0.25) is 0 Å². The average molecular weight is 261 g/mol. The van der Waals surface area contributed by atoms with Crippen LogP contribution in [0.3, 0.4) is 0 Å². The van der Waals surface area contributed by atoms with Crippen molar-refractivity contribution in [2.75, 3.05) is 0 Å². The van der Waals surface area contributed by atoms with Gasteiger partial charge in [0.1, 0.15) is 7.28 Å². The number of aryl methyl sites for hydroxylation is 1. The van der Waals surface area contributed by atoms with Crippen LogP contribution in [0.25, 0.3) is 26.2 Å². The largest absolute Gasteiger partial charge is 0.150 e. The van der Waals surface area contributed by atoms with E-state index in [1.807, 2.05) is 11.3 Å². The van der Waals surface area contributed by atoms with Gasteiger partial charge in [-0.1, -0.05) is 48.7 Å². The topological polar surface area (TPSA) is 0 Å². The van der Waals surface area contributed by atoms with Crippen LogP contribution in [0.4, 0.5) is 0 Å². The molecule has 0 bridgehead atoms. The van der Waals surface area contributed by atoms with Crippen molar-refractivity contribution in [2.45, 2.75) is 19.7 Å². The molecule has 91 valence electrons. The summed E-state index contributed by atoms with van der Waals surface area (Å²) in [6, 6.07) is 11.2. The standard InChI is InChI=1S/C17H14BS/c1-18-14-10-11-6-2-3-7-12(11)16-13-8-4-5-9-15(13)19-17(14)16/h3-5,7-10H,2,6H2,1H3. The third kappa shape index (κ3) is 1.60. The second-order valence-corrected chi connectivity index (χ2v) is 6.12. The SMILES string of the molecule is C[B]c1cc2c(c3c1sc1ccccc13)C=CCC2. The molecule has 1 aromatic heterocycles. The molecule has 0 saturated carbocycles. The van der Waals surface area contributed by atoms with E-state index < -0.39 is 0 Å². The zero-order valence-electron chi connectivity index (χ0n) is 10.9. The lowest BCUT2D eigenvalue weighted by molar-refractivity contribution is 0.991. The third-order valence-electron chi connectivity index (χ3n) is 3.98. The Bertz CT molecular complexity index is 811. The van der Waals surface area contributed by atoms with Crippen molar-refractivity contribution in [3.05, 3.63) is 47.5 Å². The summed E-state index contributed by atoms with van der Waals surface area (Å²) in [6.07, 6.45) is 6.97. The normalized spacial score (nSPS) is 13.9. The van der Waals surface area contributed by atoms with Gasteiger partial charge in [0.15, 0.2) is 0 Å². The van der Waals surface area contributed by atoms with E-state index in [4.69, 9.17) is 0 Å². The molecule has 0 fully saturated rings. The Morgan fingerprint density at radius 3 is 3.00 bits per heavy atom. The summed E-state index contributed by atoms with van der Waals surface area (Å²) in [7, 11) is 2.25. The first kappa shape index (κ1) is 11.3. The molecule has 2 heteroatoms. The van der Waals surface area contributed by atoms with Gasteiger partial charge in [0.05, 0.1) is 0 Å². The minimum absolute atomic E-state index is 1.17. The molecule has 2 aromatic carbocycles. The Labute approximate surface area is 118 Å². The molecule has 0 nitrogen and oxygen atoms in total. The molecule has 0 spiro atoms. The second-order valence-electron chi connectivity index (χ2n) is 5.07. The van der Waals surface area contributed by atoms with Crippen LogP contribution in [0.15, 0.2) is 36.4 Å². The number of hydrogen-bond acceptors (Lipinski definition) is 1. The lowest BCUT2D eigenvalue weighted by Crippen LogP contribution is -2.13. The minimum Gasteiger partial charge on any atom is -0.136 e. The van der Waals surface area contributed by atoms with Crippen molar-refractivity contribution in [1.29, 1.82) is 0 Å². The lowest BCUT2D eigenvalue weighted by Gasteiger charge is -2.14. The summed E-state index contributed by atoms with van der Waals surface area (Å²) in [6.45, 7) is 2.14. The molecule has 1 aliphatic rings. The number of rotatable bonds is 1. The summed E-state index contributed by atoms with van der Waals surface area (Å²) in [4.78, 5) is 0. The van der Waals surface area contributed by atoms with Crippen LogP contribution in [0.2, 0.25) is 6.82 Å². The van der Waals surface area contributed by atoms with Gasteiger partial charge in [-0.05, 0) is 30.0 Å². The van der Waals surface area contributed by atoms with Gasteiger partial charge in [0, 0.05) is 20.2 Å². The maximum absolute atomic E-state index is 2.39. The molecule has 1 aliphatic carbocycles. The smallest absolute Gasteiger partial charge is 0.136 e. The molecule has 3 aromatic rings. The number of benzene rings is 2. The fourth-order valence-electron chi connectivity index (χ4n) is 3.06. The van der Waals surface area contributed by atoms with E-state index in [0.29, 0.717) is 0 Å². The summed E-state index contributed by atoms with van der Waals surface area (Å²) >= 11 is 1.92. The van der Waals surface area contributed by atoms with Gasteiger partial charge in [0.25, 0.3) is 0 Å². The second kappa shape index (κ2) is 4.24. The van der Waals surface area contributed by atoms with Gasteiger partial charge in [-0.25, -0.2) is 0 Å². The molecular formula is C17H14BS. The highest BCUT2D eigenvalue weighted by molar-refractivity contribution is 7.27. The first-order valence-corrected chi connectivity index (χ1v) is 7.63. The van der Waals surface area contributed by atoms with Gasteiger partial charge < -0.3 is 0 Å². The zero-order valence-corrected chi connectivity index (χ0v) is 11.8. The predicted molar refractivity (Wildman–Crippen MR) is 87.9 cm³/mol. The molecule has 0 saturated heterocycles. The molecular weight excluding hydrogens is 247 g/mol. The molecule has 0 amide bonds. The van der Waals surface area contributed by atoms with Crippen LogP contribution in [0.1, 0.15) is 17.5 Å². The minimum atomic E-state index is 1.17. The zero-order chi connectivity index (χ0) is 12.8. The summed E-state index contributed by atoms with van der Waals surface area (Å²) in [5.41, 5.74) is 4.35. The quantitative estimate of drug-likeness (QED) is 0.570. The molecule has 0 unspecified atom stereocenters. The van der Waals surface area contributed by atoms with Gasteiger partial charge in [-0.2, -0.15) is 0 Å². The molecule has 19 heavy (non-hydrogen) atoms. The van der Waals surface area contributed by atoms with Gasteiger partial charge in [-0.15, -0.1) is 11.3 Å². The highest BCUT2D eigenvalue weighted by Gasteiger charge is 2.16. The summed E-state index contributed by atoms with van der Waals surface area (Å²) in [5, 5.41) is 2.87. The molecule has 4 rings (SSSR count). The predicted octanol–water partition coefficient (Wildman–Crippen LogP) is 4.39. The van der Waals surface area contributed by atoms with E-state index in [1.54, 1.807) is 0 Å². The molecule has 1 radical (unpaired) electrons. The Morgan fingerprint density at radius 1 is 1.21 bits per heavy atom. The first-order valence-electron chi connectivity index (χ1n) is 6.81. The monoisotopic (exact) mass is 261 g/mol. The number of thiophene rings is 1. The Kier molecular flexibility index (Phi) is 2.52. The van der Waals surface area contributed by atoms with Crippen molar-refractivity contribution in [3.8, 4) is 0 Å². The van der Waals surface area contributed by atoms with Gasteiger partial charge in [-0.3, -0.25) is 0 Å². The van der Waals surface area contributed by atoms with E-state index in [2.05, 4.69) is 56.6 Å². The van der Waals surface area contributed by atoms with Crippen molar-refractivity contribution in [2.24, 2.45) is 0 Å². The first-order chi connectivity index (χ1) is 9.38. The number of allylic oxidation sites excluding steroid dienone is 1. The van der Waals surface area contributed by atoms with E-state index >= 15 is 0 Å². The fourth-order valence-corrected chi connectivity index (χ4v) is 4.32. The maximum atomic E-state index is 2.39. The number of hydrogen-bond donors (Lipinski definition) is 0. The fraction of sp³-hybridized carbons (Fsp3) is 0.176. The Balaban J connectivity index is 2.25. The van der Waals surface area contributed by atoms with E-state index in [0.717, 1.165) is 0 Å². The average Bonchev–Trinajstić information content (AvgIpc) is 2.86. The maximum Gasteiger partial charge on any atom is 0.150 e. The Morgan fingerprint density at radius 2 is 2.11 bits per heavy atom. The highest BCUT2D eigenvalue weighted by Crippen LogP contribution is 2.38. The van der Waals surface area contributed by atoms with Crippen LogP contribution in [-0.2, 0) is 6.42 Å². The summed E-state index contributed by atoms with van der Waals surface area (Å²) < 4.78 is 2.84. The molecule has 0 N–H and O–H groups in total. The van der Waals surface area contributed by atoms with E-state index in [-0.39, 0.29) is 0 Å². The molecule has 0 atom stereocenters. The van der Waals surface area contributed by atoms with Crippen molar-refractivity contribution < 1.29 is 0 Å². The van der Waals surface area contributed by atoms with Gasteiger partial charge >= 0.3 is 0 Å². The van der Waals surface area contributed by atoms with Crippen LogP contribution >= 0.6 is 11.3 Å². The Hall–Kier alpha value is -1.54. The number of fused-ring (bicyclic) bond motifs is 5. The van der Waals surface area contributed by atoms with Crippen LogP contribution in [0.5, 0.6) is 0 Å². The van der Waals surface area contributed by atoms with Crippen LogP contribution in [0, 0.1) is 0 Å². The van der Waals surface area contributed by atoms with E-state index in [9.17, 15) is 0 Å². The van der Waals surface area contributed by atoms with Crippen LogP contribution in [-0.4, -0.2) is 7.28 Å².